The lowest BCUT2D eigenvalue weighted by Crippen LogP contribution is -2.22. The van der Waals surface area contributed by atoms with Gasteiger partial charge in [0, 0.05) is 12.1 Å². The molecule has 1 aliphatic heterocycles. The zero-order chi connectivity index (χ0) is 19.4. The highest BCUT2D eigenvalue weighted by Crippen LogP contribution is 2.31. The standard InChI is InChI=1S/C20H18ClNO3S2/c1-13-10-16(6-7-17(13)21)25-9-8-24-15-5-3-4-14(11-15)12-18-19(23)22(2)20(26)27-18/h3-7,10-12H,8-9H2,1-2H3/b18-12+. The third-order valence-electron chi connectivity index (χ3n) is 3.89. The fourth-order valence-corrected chi connectivity index (χ4v) is 3.71. The van der Waals surface area contributed by atoms with Gasteiger partial charge in [0.25, 0.3) is 5.91 Å². The van der Waals surface area contributed by atoms with Crippen LogP contribution in [0.1, 0.15) is 11.1 Å². The number of thiocarbonyl (C=S) groups is 1. The molecule has 0 aliphatic carbocycles. The number of hydrogen-bond acceptors (Lipinski definition) is 5. The van der Waals surface area contributed by atoms with Crippen LogP contribution in [0.4, 0.5) is 0 Å². The van der Waals surface area contributed by atoms with Gasteiger partial charge in [-0.2, -0.15) is 0 Å². The van der Waals surface area contributed by atoms with Gasteiger partial charge in [-0.1, -0.05) is 47.7 Å². The minimum atomic E-state index is -0.0806. The fraction of sp³-hybridized carbons (Fsp3) is 0.200. The van der Waals surface area contributed by atoms with Crippen molar-refractivity contribution in [2.45, 2.75) is 6.92 Å². The summed E-state index contributed by atoms with van der Waals surface area (Å²) in [6.45, 7) is 2.76. The molecule has 4 nitrogen and oxygen atoms in total. The van der Waals surface area contributed by atoms with Crippen molar-refractivity contribution < 1.29 is 14.3 Å². The van der Waals surface area contributed by atoms with Gasteiger partial charge in [0.2, 0.25) is 0 Å². The molecule has 0 N–H and O–H groups in total. The summed E-state index contributed by atoms with van der Waals surface area (Å²) in [5, 5.41) is 0.718. The molecule has 1 fully saturated rings. The summed E-state index contributed by atoms with van der Waals surface area (Å²) in [6, 6.07) is 13.1. The molecule has 0 atom stereocenters. The monoisotopic (exact) mass is 419 g/mol. The van der Waals surface area contributed by atoms with Gasteiger partial charge in [-0.25, -0.2) is 0 Å². The molecule has 27 heavy (non-hydrogen) atoms. The van der Waals surface area contributed by atoms with Crippen molar-refractivity contribution >= 4 is 51.9 Å². The van der Waals surface area contributed by atoms with E-state index < -0.39 is 0 Å². The van der Waals surface area contributed by atoms with E-state index in [4.69, 9.17) is 33.3 Å². The number of hydrogen-bond donors (Lipinski definition) is 0. The Bertz CT molecular complexity index is 914. The fourth-order valence-electron chi connectivity index (χ4n) is 2.42. The van der Waals surface area contributed by atoms with E-state index in [9.17, 15) is 4.79 Å². The molecule has 2 aromatic carbocycles. The van der Waals surface area contributed by atoms with Crippen LogP contribution in [0.5, 0.6) is 11.5 Å². The van der Waals surface area contributed by atoms with Gasteiger partial charge in [0.05, 0.1) is 4.91 Å². The van der Waals surface area contributed by atoms with Crippen LogP contribution in [-0.4, -0.2) is 35.4 Å². The molecule has 140 valence electrons. The number of rotatable bonds is 6. The highest BCUT2D eigenvalue weighted by atomic mass is 35.5. The number of thioether (sulfide) groups is 1. The number of likely N-dealkylation sites (N-methyl/N-ethyl adjacent to an activating group) is 1. The van der Waals surface area contributed by atoms with E-state index in [1.54, 1.807) is 7.05 Å². The molecule has 0 aromatic heterocycles. The summed E-state index contributed by atoms with van der Waals surface area (Å²) in [7, 11) is 1.68. The van der Waals surface area contributed by atoms with E-state index in [-0.39, 0.29) is 5.91 Å². The van der Waals surface area contributed by atoms with Crippen LogP contribution in [0.15, 0.2) is 47.4 Å². The van der Waals surface area contributed by atoms with Gasteiger partial charge in [0.15, 0.2) is 0 Å². The molecular weight excluding hydrogens is 402 g/mol. The molecule has 1 saturated heterocycles. The van der Waals surface area contributed by atoms with Gasteiger partial charge in [0.1, 0.15) is 29.0 Å². The zero-order valence-electron chi connectivity index (χ0n) is 14.9. The molecule has 0 unspecified atom stereocenters. The topological polar surface area (TPSA) is 38.8 Å². The van der Waals surface area contributed by atoms with Gasteiger partial charge < -0.3 is 9.47 Å². The van der Waals surface area contributed by atoms with Crippen molar-refractivity contribution in [2.75, 3.05) is 20.3 Å². The number of carbonyl (C=O) groups excluding carboxylic acids is 1. The van der Waals surface area contributed by atoms with E-state index in [0.29, 0.717) is 28.2 Å². The summed E-state index contributed by atoms with van der Waals surface area (Å²) in [5.41, 5.74) is 1.86. The first kappa shape index (κ1) is 19.7. The van der Waals surface area contributed by atoms with Gasteiger partial charge >= 0.3 is 0 Å². The van der Waals surface area contributed by atoms with Gasteiger partial charge in [-0.15, -0.1) is 0 Å². The number of benzene rings is 2. The molecule has 0 bridgehead atoms. The van der Waals surface area contributed by atoms with Crippen LogP contribution in [0.3, 0.4) is 0 Å². The Kier molecular flexibility index (Phi) is 6.42. The largest absolute Gasteiger partial charge is 0.490 e. The third-order valence-corrected chi connectivity index (χ3v) is 5.80. The van der Waals surface area contributed by atoms with E-state index in [1.807, 2.05) is 55.5 Å². The van der Waals surface area contributed by atoms with E-state index in [0.717, 1.165) is 21.9 Å². The maximum absolute atomic E-state index is 12.1. The Labute approximate surface area is 173 Å². The third kappa shape index (κ3) is 5.03. The highest BCUT2D eigenvalue weighted by Gasteiger charge is 2.28. The van der Waals surface area contributed by atoms with Crippen molar-refractivity contribution in [1.82, 2.24) is 4.90 Å². The van der Waals surface area contributed by atoms with Crippen molar-refractivity contribution in [3.8, 4) is 11.5 Å². The smallest absolute Gasteiger partial charge is 0.265 e. The number of amides is 1. The number of nitrogens with zero attached hydrogens (tertiary/aromatic N) is 1. The Balaban J connectivity index is 1.56. The minimum absolute atomic E-state index is 0.0806. The Morgan fingerprint density at radius 1 is 1.15 bits per heavy atom. The molecule has 0 saturated carbocycles. The maximum atomic E-state index is 12.1. The van der Waals surface area contributed by atoms with E-state index in [1.165, 1.54) is 16.7 Å². The van der Waals surface area contributed by atoms with Crippen LogP contribution in [0, 0.1) is 6.92 Å². The minimum Gasteiger partial charge on any atom is -0.490 e. The molecule has 7 heteroatoms. The lowest BCUT2D eigenvalue weighted by atomic mass is 10.2. The average molecular weight is 420 g/mol. The summed E-state index contributed by atoms with van der Waals surface area (Å²) in [6.07, 6.45) is 1.82. The first-order chi connectivity index (χ1) is 12.9. The van der Waals surface area contributed by atoms with Gasteiger partial charge in [-0.05, 0) is 54.5 Å². The average Bonchev–Trinajstić information content (AvgIpc) is 2.89. The summed E-state index contributed by atoms with van der Waals surface area (Å²) < 4.78 is 12.0. The van der Waals surface area contributed by atoms with Crippen molar-refractivity contribution in [3.05, 3.63) is 63.5 Å². The Hall–Kier alpha value is -2.02. The molecule has 1 heterocycles. The Morgan fingerprint density at radius 2 is 1.85 bits per heavy atom. The number of aryl methyl sites for hydroxylation is 1. The number of halogens is 1. The number of ether oxygens (including phenoxy) is 2. The second-order valence-corrected chi connectivity index (χ2v) is 8.00. The lowest BCUT2D eigenvalue weighted by molar-refractivity contribution is -0.121. The molecule has 0 radical (unpaired) electrons. The summed E-state index contributed by atoms with van der Waals surface area (Å²) in [4.78, 5) is 14.2. The van der Waals surface area contributed by atoms with Crippen molar-refractivity contribution in [1.29, 1.82) is 0 Å². The SMILES string of the molecule is Cc1cc(OCCOc2cccc(/C=C3/SC(=S)N(C)C3=O)c2)ccc1Cl. The molecular formula is C20H18ClNO3S2. The maximum Gasteiger partial charge on any atom is 0.265 e. The predicted octanol–water partition coefficient (Wildman–Crippen LogP) is 4.94. The summed E-state index contributed by atoms with van der Waals surface area (Å²) >= 11 is 12.5. The van der Waals surface area contributed by atoms with E-state index >= 15 is 0 Å². The van der Waals surface area contributed by atoms with E-state index in [2.05, 4.69) is 0 Å². The lowest BCUT2D eigenvalue weighted by Gasteiger charge is -2.10. The molecule has 2 aromatic rings. The molecule has 0 spiro atoms. The quantitative estimate of drug-likeness (QED) is 0.377. The van der Waals surface area contributed by atoms with Gasteiger partial charge in [-0.3, -0.25) is 9.69 Å². The first-order valence-electron chi connectivity index (χ1n) is 8.27. The normalized spacial score (nSPS) is 15.5. The molecule has 1 aliphatic rings. The van der Waals surface area contributed by atoms with Crippen LogP contribution in [0.25, 0.3) is 6.08 Å². The van der Waals surface area contributed by atoms with Crippen LogP contribution in [-0.2, 0) is 4.79 Å². The first-order valence-corrected chi connectivity index (χ1v) is 9.87. The van der Waals surface area contributed by atoms with Crippen LogP contribution < -0.4 is 9.47 Å². The zero-order valence-corrected chi connectivity index (χ0v) is 17.3. The van der Waals surface area contributed by atoms with Crippen LogP contribution >= 0.6 is 35.6 Å². The summed E-state index contributed by atoms with van der Waals surface area (Å²) in [5.74, 6) is 1.39. The second-order valence-electron chi connectivity index (χ2n) is 5.92. The highest BCUT2D eigenvalue weighted by molar-refractivity contribution is 8.26. The molecule has 1 amide bonds. The predicted molar refractivity (Wildman–Crippen MR) is 115 cm³/mol. The molecule has 3 rings (SSSR count). The van der Waals surface area contributed by atoms with Crippen molar-refractivity contribution in [2.24, 2.45) is 0 Å². The second kappa shape index (κ2) is 8.78. The number of carbonyl (C=O) groups is 1. The van der Waals surface area contributed by atoms with Crippen molar-refractivity contribution in [3.63, 3.8) is 0 Å². The van der Waals surface area contributed by atoms with Crippen LogP contribution in [0.2, 0.25) is 5.02 Å². The Morgan fingerprint density at radius 3 is 2.48 bits per heavy atom.